The Hall–Kier alpha value is -2.60. The molecular weight excluding hydrogens is 446 g/mol. The molecule has 1 atom stereocenters. The Labute approximate surface area is 206 Å². The maximum absolute atomic E-state index is 13.3. The van der Waals surface area contributed by atoms with Gasteiger partial charge >= 0.3 is 5.97 Å². The Morgan fingerprint density at radius 1 is 1.15 bits per heavy atom. The first-order chi connectivity index (χ1) is 16.0. The van der Waals surface area contributed by atoms with Gasteiger partial charge in [0.15, 0.2) is 0 Å². The summed E-state index contributed by atoms with van der Waals surface area (Å²) in [5.41, 5.74) is 3.72. The second kappa shape index (κ2) is 9.21. The molecule has 0 fully saturated rings. The lowest BCUT2D eigenvalue weighted by molar-refractivity contribution is -0.164. The number of phenolic OH excluding ortho intramolecular Hbond substituents is 1. The van der Waals surface area contributed by atoms with Crippen LogP contribution in [-0.4, -0.2) is 28.3 Å². The van der Waals surface area contributed by atoms with Crippen molar-refractivity contribution >= 4 is 23.4 Å². The average molecular weight is 482 g/mol. The van der Waals surface area contributed by atoms with Gasteiger partial charge in [-0.15, -0.1) is 0 Å². The topological polar surface area (TPSA) is 78.8 Å². The van der Waals surface area contributed by atoms with E-state index in [1.165, 1.54) is 17.3 Å². The van der Waals surface area contributed by atoms with E-state index in [1.807, 2.05) is 26.0 Å². The number of cyclic esters (lactones) is 1. The fraction of sp³-hybridized carbons (Fsp3) is 0.464. The van der Waals surface area contributed by atoms with Crippen molar-refractivity contribution in [3.63, 3.8) is 0 Å². The summed E-state index contributed by atoms with van der Waals surface area (Å²) >= 11 is 1.33. The van der Waals surface area contributed by atoms with Gasteiger partial charge in [0.1, 0.15) is 22.0 Å². The number of nitrogens with one attached hydrogen (secondary N) is 1. The zero-order valence-electron chi connectivity index (χ0n) is 20.7. The summed E-state index contributed by atoms with van der Waals surface area (Å²) in [6, 6.07) is 11.4. The lowest BCUT2D eigenvalue weighted by atomic mass is 9.80. The van der Waals surface area contributed by atoms with Crippen LogP contribution in [0.3, 0.4) is 0 Å². The SMILES string of the molecule is CC(C)[C@]1(CCc2ccc(O)cc2)CC(O)=C(Sc2cc3c(cc2C(C)(C)C)NCC3)C(=O)O1. The predicted molar refractivity (Wildman–Crippen MR) is 138 cm³/mol. The maximum Gasteiger partial charge on any atom is 0.349 e. The van der Waals surface area contributed by atoms with Gasteiger partial charge in [0.2, 0.25) is 0 Å². The molecule has 6 heteroatoms. The first-order valence-corrected chi connectivity index (χ1v) is 12.8. The summed E-state index contributed by atoms with van der Waals surface area (Å²) in [6.45, 7) is 11.5. The molecule has 0 amide bonds. The number of carbonyl (C=O) groups is 1. The van der Waals surface area contributed by atoms with E-state index in [4.69, 9.17) is 4.74 Å². The van der Waals surface area contributed by atoms with E-state index < -0.39 is 11.6 Å². The molecule has 0 bridgehead atoms. The first kappa shape index (κ1) is 24.5. The summed E-state index contributed by atoms with van der Waals surface area (Å²) in [5, 5.41) is 24.1. The summed E-state index contributed by atoms with van der Waals surface area (Å²) in [5.74, 6) is -0.0742. The fourth-order valence-electron chi connectivity index (χ4n) is 4.72. The molecule has 0 spiro atoms. The van der Waals surface area contributed by atoms with E-state index in [1.54, 1.807) is 12.1 Å². The Kier molecular flexibility index (Phi) is 6.65. The molecule has 2 heterocycles. The van der Waals surface area contributed by atoms with E-state index in [2.05, 4.69) is 38.2 Å². The molecule has 182 valence electrons. The van der Waals surface area contributed by atoms with Crippen molar-refractivity contribution in [1.29, 1.82) is 0 Å². The Bertz CT molecular complexity index is 1110. The summed E-state index contributed by atoms with van der Waals surface area (Å²) in [7, 11) is 0. The Morgan fingerprint density at radius 3 is 2.47 bits per heavy atom. The second-order valence-electron chi connectivity index (χ2n) is 10.8. The van der Waals surface area contributed by atoms with Gasteiger partial charge in [0.25, 0.3) is 0 Å². The van der Waals surface area contributed by atoms with Crippen LogP contribution < -0.4 is 5.32 Å². The van der Waals surface area contributed by atoms with Crippen LogP contribution in [0, 0.1) is 5.92 Å². The molecule has 0 aromatic heterocycles. The summed E-state index contributed by atoms with van der Waals surface area (Å²) in [6.07, 6.45) is 2.54. The normalized spacial score (nSPS) is 20.4. The number of aromatic hydroxyl groups is 1. The Morgan fingerprint density at radius 2 is 1.85 bits per heavy atom. The third kappa shape index (κ3) is 4.92. The van der Waals surface area contributed by atoms with E-state index in [-0.39, 0.29) is 27.7 Å². The van der Waals surface area contributed by atoms with Gasteiger partial charge in [-0.25, -0.2) is 4.79 Å². The van der Waals surface area contributed by atoms with Gasteiger partial charge in [0.05, 0.1) is 0 Å². The number of aliphatic hydroxyl groups is 1. The van der Waals surface area contributed by atoms with E-state index >= 15 is 0 Å². The van der Waals surface area contributed by atoms with Crippen LogP contribution in [0.5, 0.6) is 5.75 Å². The monoisotopic (exact) mass is 481 g/mol. The zero-order valence-corrected chi connectivity index (χ0v) is 21.5. The van der Waals surface area contributed by atoms with Crippen LogP contribution in [0.2, 0.25) is 0 Å². The summed E-state index contributed by atoms with van der Waals surface area (Å²) in [4.78, 5) is 14.6. The fourth-order valence-corrected chi connectivity index (χ4v) is 5.93. The maximum atomic E-state index is 13.3. The predicted octanol–water partition coefficient (Wildman–Crippen LogP) is 6.49. The molecule has 2 aliphatic heterocycles. The highest BCUT2D eigenvalue weighted by molar-refractivity contribution is 8.04. The van der Waals surface area contributed by atoms with Crippen LogP contribution in [0.15, 0.2) is 52.0 Å². The lowest BCUT2D eigenvalue weighted by Crippen LogP contribution is -2.44. The van der Waals surface area contributed by atoms with Crippen molar-refractivity contribution in [3.05, 3.63) is 63.8 Å². The minimum absolute atomic E-state index is 0.0403. The average Bonchev–Trinajstić information content (AvgIpc) is 3.22. The third-order valence-corrected chi connectivity index (χ3v) is 8.13. The minimum atomic E-state index is -0.766. The quantitative estimate of drug-likeness (QED) is 0.409. The number of fused-ring (bicyclic) bond motifs is 1. The molecule has 0 radical (unpaired) electrons. The number of carbonyl (C=O) groups excluding carboxylic acids is 1. The summed E-state index contributed by atoms with van der Waals surface area (Å²) < 4.78 is 6.11. The van der Waals surface area contributed by atoms with Gasteiger partial charge in [-0.2, -0.15) is 0 Å². The van der Waals surface area contributed by atoms with Crippen LogP contribution in [-0.2, 0) is 27.8 Å². The van der Waals surface area contributed by atoms with Crippen molar-refractivity contribution < 1.29 is 19.7 Å². The van der Waals surface area contributed by atoms with Crippen molar-refractivity contribution in [1.82, 2.24) is 0 Å². The minimum Gasteiger partial charge on any atom is -0.511 e. The van der Waals surface area contributed by atoms with E-state index in [0.717, 1.165) is 34.7 Å². The molecule has 0 saturated heterocycles. The Balaban J connectivity index is 1.61. The van der Waals surface area contributed by atoms with E-state index in [9.17, 15) is 15.0 Å². The number of anilines is 1. The van der Waals surface area contributed by atoms with Crippen molar-refractivity contribution in [2.24, 2.45) is 5.92 Å². The molecule has 0 aliphatic carbocycles. The van der Waals surface area contributed by atoms with Crippen LogP contribution in [0.4, 0.5) is 5.69 Å². The molecular formula is C28H35NO4S. The van der Waals surface area contributed by atoms with Crippen molar-refractivity contribution in [2.75, 3.05) is 11.9 Å². The van der Waals surface area contributed by atoms with Gasteiger partial charge in [-0.3, -0.25) is 0 Å². The molecule has 2 aromatic rings. The zero-order chi connectivity index (χ0) is 24.7. The molecule has 5 nitrogen and oxygen atoms in total. The number of hydrogen-bond acceptors (Lipinski definition) is 6. The van der Waals surface area contributed by atoms with Crippen molar-refractivity contribution in [2.45, 2.75) is 76.2 Å². The first-order valence-electron chi connectivity index (χ1n) is 12.0. The lowest BCUT2D eigenvalue weighted by Gasteiger charge is -2.40. The molecule has 2 aliphatic rings. The molecule has 3 N–H and O–H groups in total. The highest BCUT2D eigenvalue weighted by Gasteiger charge is 2.44. The van der Waals surface area contributed by atoms with Crippen LogP contribution in [0.1, 0.15) is 64.2 Å². The molecule has 2 aromatic carbocycles. The number of hydrogen-bond donors (Lipinski definition) is 3. The molecule has 0 saturated carbocycles. The van der Waals surface area contributed by atoms with Gasteiger partial charge in [-0.05, 0) is 71.6 Å². The number of benzene rings is 2. The number of aliphatic hydroxyl groups excluding tert-OH is 1. The standard InChI is InChI=1S/C28H35NO4S/c1-17(2)28(12-10-18-6-8-20(30)9-7-18)16-23(31)25(26(32)33-28)34-24-14-19-11-13-29-22(19)15-21(24)27(3,4)5/h6-9,14-15,17,29-31H,10-13,16H2,1-5H3/t28-/m0/s1. The number of phenols is 1. The van der Waals surface area contributed by atoms with Gasteiger partial charge < -0.3 is 20.3 Å². The number of esters is 1. The molecule has 0 unspecified atom stereocenters. The van der Waals surface area contributed by atoms with Gasteiger partial charge in [-0.1, -0.05) is 58.5 Å². The number of aryl methyl sites for hydroxylation is 1. The van der Waals surface area contributed by atoms with Crippen LogP contribution >= 0.6 is 11.8 Å². The van der Waals surface area contributed by atoms with Gasteiger partial charge in [0, 0.05) is 23.5 Å². The number of rotatable bonds is 6. The smallest absolute Gasteiger partial charge is 0.349 e. The number of ether oxygens (including phenoxy) is 1. The second-order valence-corrected chi connectivity index (χ2v) is 11.8. The highest BCUT2D eigenvalue weighted by Crippen LogP contribution is 2.46. The highest BCUT2D eigenvalue weighted by atomic mass is 32.2. The van der Waals surface area contributed by atoms with Crippen LogP contribution in [0.25, 0.3) is 0 Å². The van der Waals surface area contributed by atoms with Crippen molar-refractivity contribution in [3.8, 4) is 5.75 Å². The third-order valence-electron chi connectivity index (χ3n) is 6.97. The molecule has 34 heavy (non-hydrogen) atoms. The largest absolute Gasteiger partial charge is 0.511 e. The number of thioether (sulfide) groups is 1. The van der Waals surface area contributed by atoms with E-state index in [0.29, 0.717) is 19.3 Å². The molecule has 4 rings (SSSR count).